The molecule has 1 atom stereocenters. The molecular weight excluding hydrogens is 152 g/mol. The van der Waals surface area contributed by atoms with E-state index in [1.54, 1.807) is 0 Å². The largest absolute Gasteiger partial charge is 0.0884 e. The predicted octanol–water partition coefficient (Wildman–Crippen LogP) is 2.32. The zero-order chi connectivity index (χ0) is 4.91. The van der Waals surface area contributed by atoms with Crippen LogP contribution in [0, 0.1) is 5.41 Å². The molecule has 0 amide bonds. The highest BCUT2D eigenvalue weighted by molar-refractivity contribution is 9.09. The molecule has 1 unspecified atom stereocenters. The lowest BCUT2D eigenvalue weighted by Gasteiger charge is -2.24. The zero-order valence-corrected chi connectivity index (χ0v) is 5.87. The van der Waals surface area contributed by atoms with E-state index < -0.39 is 0 Å². The Kier molecular flexibility index (Phi) is 0.668. The molecule has 2 aliphatic carbocycles. The van der Waals surface area contributed by atoms with Gasteiger partial charge in [-0.15, -0.1) is 0 Å². The quantitative estimate of drug-likeness (QED) is 0.478. The SMILES string of the molecule is BrC1CC12CCC2. The number of rotatable bonds is 0. The Labute approximate surface area is 52.4 Å². The smallest absolute Gasteiger partial charge is 0.0208 e. The van der Waals surface area contributed by atoms with Crippen molar-refractivity contribution in [2.75, 3.05) is 0 Å². The lowest BCUT2D eigenvalue weighted by Crippen LogP contribution is -2.13. The summed E-state index contributed by atoms with van der Waals surface area (Å²) in [6, 6.07) is 0. The van der Waals surface area contributed by atoms with E-state index in [0.29, 0.717) is 0 Å². The third kappa shape index (κ3) is 0.426. The monoisotopic (exact) mass is 160 g/mol. The summed E-state index contributed by atoms with van der Waals surface area (Å²) in [5.74, 6) is 0. The minimum absolute atomic E-state index is 0.847. The second-order valence-corrected chi connectivity index (χ2v) is 3.99. The molecule has 1 spiro atoms. The van der Waals surface area contributed by atoms with Gasteiger partial charge in [-0.1, -0.05) is 22.4 Å². The van der Waals surface area contributed by atoms with Gasteiger partial charge in [0.25, 0.3) is 0 Å². The molecule has 2 saturated carbocycles. The number of hydrogen-bond acceptors (Lipinski definition) is 0. The van der Waals surface area contributed by atoms with Crippen molar-refractivity contribution in [3.63, 3.8) is 0 Å². The number of alkyl halides is 1. The van der Waals surface area contributed by atoms with E-state index in [-0.39, 0.29) is 0 Å². The molecule has 0 aromatic carbocycles. The van der Waals surface area contributed by atoms with Crippen molar-refractivity contribution < 1.29 is 0 Å². The molecule has 0 saturated heterocycles. The highest BCUT2D eigenvalue weighted by Crippen LogP contribution is 2.64. The van der Waals surface area contributed by atoms with Crippen LogP contribution in [-0.2, 0) is 0 Å². The predicted molar refractivity (Wildman–Crippen MR) is 33.6 cm³/mol. The second kappa shape index (κ2) is 1.07. The summed E-state index contributed by atoms with van der Waals surface area (Å²) in [6.45, 7) is 0. The van der Waals surface area contributed by atoms with Crippen LogP contribution >= 0.6 is 15.9 Å². The Morgan fingerprint density at radius 1 is 1.43 bits per heavy atom. The molecule has 1 heteroatoms. The van der Waals surface area contributed by atoms with Crippen LogP contribution in [-0.4, -0.2) is 4.83 Å². The summed E-state index contributed by atoms with van der Waals surface area (Å²) in [5.41, 5.74) is 0.847. The molecule has 40 valence electrons. The Morgan fingerprint density at radius 2 is 2.00 bits per heavy atom. The minimum atomic E-state index is 0.847. The van der Waals surface area contributed by atoms with Crippen LogP contribution in [0.3, 0.4) is 0 Å². The molecular formula is C6H9Br. The summed E-state index contributed by atoms with van der Waals surface area (Å²) in [7, 11) is 0. The third-order valence-corrected chi connectivity index (χ3v) is 3.73. The van der Waals surface area contributed by atoms with Crippen LogP contribution in [0.1, 0.15) is 25.7 Å². The van der Waals surface area contributed by atoms with E-state index in [4.69, 9.17) is 0 Å². The van der Waals surface area contributed by atoms with Crippen LogP contribution in [0.5, 0.6) is 0 Å². The average molecular weight is 161 g/mol. The van der Waals surface area contributed by atoms with E-state index in [0.717, 1.165) is 10.2 Å². The molecule has 0 heterocycles. The van der Waals surface area contributed by atoms with Gasteiger partial charge in [0.05, 0.1) is 0 Å². The molecule has 0 radical (unpaired) electrons. The maximum absolute atomic E-state index is 3.62. The fourth-order valence-electron chi connectivity index (χ4n) is 1.45. The summed E-state index contributed by atoms with van der Waals surface area (Å²) in [6.07, 6.45) is 5.96. The van der Waals surface area contributed by atoms with E-state index in [2.05, 4.69) is 15.9 Å². The Balaban J connectivity index is 2.05. The lowest BCUT2D eigenvalue weighted by molar-refractivity contribution is 0.292. The number of halogens is 1. The van der Waals surface area contributed by atoms with Crippen molar-refractivity contribution in [2.24, 2.45) is 5.41 Å². The van der Waals surface area contributed by atoms with E-state index in [1.807, 2.05) is 0 Å². The fraction of sp³-hybridized carbons (Fsp3) is 1.00. The van der Waals surface area contributed by atoms with Crippen LogP contribution in [0.4, 0.5) is 0 Å². The molecule has 0 bridgehead atoms. The van der Waals surface area contributed by atoms with Crippen molar-refractivity contribution >= 4 is 15.9 Å². The van der Waals surface area contributed by atoms with Gasteiger partial charge < -0.3 is 0 Å². The second-order valence-electron chi connectivity index (χ2n) is 2.89. The molecule has 2 aliphatic rings. The zero-order valence-electron chi connectivity index (χ0n) is 4.28. The highest BCUT2D eigenvalue weighted by Gasteiger charge is 2.55. The fourth-order valence-corrected chi connectivity index (χ4v) is 2.55. The van der Waals surface area contributed by atoms with Gasteiger partial charge in [0.15, 0.2) is 0 Å². The average Bonchev–Trinajstić information content (AvgIpc) is 2.10. The van der Waals surface area contributed by atoms with Gasteiger partial charge in [0, 0.05) is 4.83 Å². The van der Waals surface area contributed by atoms with Gasteiger partial charge in [0.1, 0.15) is 0 Å². The van der Waals surface area contributed by atoms with Gasteiger partial charge in [-0.3, -0.25) is 0 Å². The standard InChI is InChI=1S/C6H9Br/c7-5-4-6(5)2-1-3-6/h5H,1-4H2. The van der Waals surface area contributed by atoms with Crippen molar-refractivity contribution in [3.8, 4) is 0 Å². The van der Waals surface area contributed by atoms with Crippen molar-refractivity contribution in [1.82, 2.24) is 0 Å². The van der Waals surface area contributed by atoms with Gasteiger partial charge >= 0.3 is 0 Å². The van der Waals surface area contributed by atoms with Crippen molar-refractivity contribution in [1.29, 1.82) is 0 Å². The molecule has 7 heavy (non-hydrogen) atoms. The van der Waals surface area contributed by atoms with Crippen LogP contribution in [0.15, 0.2) is 0 Å². The van der Waals surface area contributed by atoms with Gasteiger partial charge in [-0.2, -0.15) is 0 Å². The molecule has 0 aliphatic heterocycles. The van der Waals surface area contributed by atoms with E-state index in [9.17, 15) is 0 Å². The molecule has 2 fully saturated rings. The van der Waals surface area contributed by atoms with Crippen LogP contribution in [0.2, 0.25) is 0 Å². The van der Waals surface area contributed by atoms with E-state index in [1.165, 1.54) is 25.7 Å². The van der Waals surface area contributed by atoms with Gasteiger partial charge in [-0.05, 0) is 24.7 Å². The summed E-state index contributed by atoms with van der Waals surface area (Å²) < 4.78 is 0. The normalized spacial score (nSPS) is 43.3. The third-order valence-electron chi connectivity index (χ3n) is 2.44. The van der Waals surface area contributed by atoms with Crippen molar-refractivity contribution in [3.05, 3.63) is 0 Å². The molecule has 0 N–H and O–H groups in total. The Morgan fingerprint density at radius 3 is 2.00 bits per heavy atom. The van der Waals surface area contributed by atoms with Gasteiger partial charge in [-0.25, -0.2) is 0 Å². The highest BCUT2D eigenvalue weighted by atomic mass is 79.9. The molecule has 0 nitrogen and oxygen atoms in total. The Bertz CT molecular complexity index is 88.8. The molecule has 0 aromatic heterocycles. The summed E-state index contributed by atoms with van der Waals surface area (Å²) in [5, 5.41) is 0. The first-order chi connectivity index (χ1) is 3.33. The lowest BCUT2D eigenvalue weighted by atomic mass is 9.82. The van der Waals surface area contributed by atoms with Gasteiger partial charge in [0.2, 0.25) is 0 Å². The van der Waals surface area contributed by atoms with Crippen LogP contribution in [0.25, 0.3) is 0 Å². The summed E-state index contributed by atoms with van der Waals surface area (Å²) in [4.78, 5) is 0.911. The Hall–Kier alpha value is 0.480. The first kappa shape index (κ1) is 4.37. The number of hydrogen-bond donors (Lipinski definition) is 0. The summed E-state index contributed by atoms with van der Waals surface area (Å²) >= 11 is 3.62. The maximum Gasteiger partial charge on any atom is 0.0208 e. The van der Waals surface area contributed by atoms with Crippen molar-refractivity contribution in [2.45, 2.75) is 30.5 Å². The maximum atomic E-state index is 3.62. The van der Waals surface area contributed by atoms with E-state index >= 15 is 0 Å². The van der Waals surface area contributed by atoms with Crippen LogP contribution < -0.4 is 0 Å². The molecule has 2 rings (SSSR count). The first-order valence-corrected chi connectivity index (χ1v) is 3.89. The topological polar surface area (TPSA) is 0 Å². The minimum Gasteiger partial charge on any atom is -0.0884 e. The first-order valence-electron chi connectivity index (χ1n) is 2.98. The molecule has 0 aromatic rings.